The summed E-state index contributed by atoms with van der Waals surface area (Å²) in [6, 6.07) is 21.3. The quantitative estimate of drug-likeness (QED) is 0.516. The van der Waals surface area contributed by atoms with Crippen molar-refractivity contribution < 1.29 is 23.8 Å². The Kier molecular flexibility index (Phi) is 6.31. The van der Waals surface area contributed by atoms with Gasteiger partial charge in [0.1, 0.15) is 22.9 Å². The summed E-state index contributed by atoms with van der Waals surface area (Å²) in [5.41, 5.74) is 2.11. The molecule has 3 aromatic rings. The molecule has 33 heavy (non-hydrogen) atoms. The molecule has 0 atom stereocenters. The monoisotopic (exact) mass is 444 g/mol. The second-order valence-corrected chi connectivity index (χ2v) is 7.18. The van der Waals surface area contributed by atoms with E-state index in [1.54, 1.807) is 54.6 Å². The van der Waals surface area contributed by atoms with Crippen molar-refractivity contribution >= 4 is 28.8 Å². The average molecular weight is 444 g/mol. The van der Waals surface area contributed by atoms with Crippen molar-refractivity contribution in [2.45, 2.75) is 6.92 Å². The van der Waals surface area contributed by atoms with Crippen LogP contribution in [0.1, 0.15) is 12.5 Å². The smallest absolute Gasteiger partial charge is 0.282 e. The van der Waals surface area contributed by atoms with Crippen molar-refractivity contribution in [1.29, 1.82) is 0 Å². The van der Waals surface area contributed by atoms with Gasteiger partial charge in [-0.15, -0.1) is 0 Å². The van der Waals surface area contributed by atoms with Crippen LogP contribution in [0.4, 0.5) is 11.4 Å². The molecule has 0 saturated heterocycles. The van der Waals surface area contributed by atoms with Crippen LogP contribution in [-0.4, -0.2) is 32.6 Å². The normalized spacial score (nSPS) is 13.4. The van der Waals surface area contributed by atoms with Crippen LogP contribution in [0, 0.1) is 0 Å². The van der Waals surface area contributed by atoms with E-state index >= 15 is 0 Å². The summed E-state index contributed by atoms with van der Waals surface area (Å²) in [6.07, 6.45) is 0. The van der Waals surface area contributed by atoms with E-state index in [1.807, 2.05) is 25.1 Å². The minimum absolute atomic E-state index is 0.188. The van der Waals surface area contributed by atoms with Crippen molar-refractivity contribution in [3.8, 4) is 17.2 Å². The third-order valence-electron chi connectivity index (χ3n) is 5.21. The van der Waals surface area contributed by atoms with Gasteiger partial charge in [0.05, 0.1) is 32.1 Å². The molecule has 1 heterocycles. The Hall–Kier alpha value is -4.26. The fourth-order valence-corrected chi connectivity index (χ4v) is 3.65. The number of carbonyl (C=O) groups excluding carboxylic acids is 2. The van der Waals surface area contributed by atoms with Gasteiger partial charge in [-0.3, -0.25) is 9.59 Å². The zero-order chi connectivity index (χ0) is 23.4. The fourth-order valence-electron chi connectivity index (χ4n) is 3.65. The van der Waals surface area contributed by atoms with E-state index in [0.29, 0.717) is 35.0 Å². The lowest BCUT2D eigenvalue weighted by molar-refractivity contribution is -0.120. The molecular weight excluding hydrogens is 420 g/mol. The molecule has 0 fully saturated rings. The van der Waals surface area contributed by atoms with Gasteiger partial charge < -0.3 is 19.5 Å². The Morgan fingerprint density at radius 3 is 2.15 bits per heavy atom. The van der Waals surface area contributed by atoms with Crippen molar-refractivity contribution in [2.24, 2.45) is 0 Å². The number of hydrogen-bond acceptors (Lipinski definition) is 6. The van der Waals surface area contributed by atoms with Crippen molar-refractivity contribution in [1.82, 2.24) is 0 Å². The number of rotatable bonds is 8. The van der Waals surface area contributed by atoms with Gasteiger partial charge >= 0.3 is 0 Å². The standard InChI is InChI=1S/C26H24N2O5/c1-4-33-19-12-10-18(11-13-19)27-24-23(17-8-6-5-7-9-17)25(29)28(26(24)30)21-15-14-20(31-2)16-22(21)32-3/h5-16,27H,4H2,1-3H3. The number of nitrogens with one attached hydrogen (secondary N) is 1. The van der Waals surface area contributed by atoms with E-state index in [0.717, 1.165) is 10.6 Å². The molecule has 1 aliphatic rings. The zero-order valence-electron chi connectivity index (χ0n) is 18.6. The number of methoxy groups -OCH3 is 2. The highest BCUT2D eigenvalue weighted by molar-refractivity contribution is 6.46. The molecule has 1 aliphatic heterocycles. The van der Waals surface area contributed by atoms with E-state index in [2.05, 4.69) is 5.32 Å². The fraction of sp³-hybridized carbons (Fsp3) is 0.154. The predicted molar refractivity (Wildman–Crippen MR) is 127 cm³/mol. The summed E-state index contributed by atoms with van der Waals surface area (Å²) in [5.74, 6) is 0.711. The van der Waals surface area contributed by atoms with Crippen LogP contribution in [0.15, 0.2) is 78.5 Å². The molecule has 0 unspecified atom stereocenters. The van der Waals surface area contributed by atoms with Gasteiger partial charge in [0.2, 0.25) is 0 Å². The summed E-state index contributed by atoms with van der Waals surface area (Å²) in [6.45, 7) is 2.47. The molecule has 7 nitrogen and oxygen atoms in total. The Labute approximate surface area is 192 Å². The van der Waals surface area contributed by atoms with Gasteiger partial charge in [0, 0.05) is 11.8 Å². The van der Waals surface area contributed by atoms with Crippen LogP contribution in [-0.2, 0) is 9.59 Å². The van der Waals surface area contributed by atoms with Gasteiger partial charge in [-0.2, -0.15) is 0 Å². The van der Waals surface area contributed by atoms with E-state index in [-0.39, 0.29) is 11.3 Å². The molecule has 0 aliphatic carbocycles. The highest BCUT2D eigenvalue weighted by Gasteiger charge is 2.41. The number of imide groups is 1. The molecule has 1 N–H and O–H groups in total. The van der Waals surface area contributed by atoms with Crippen molar-refractivity contribution in [3.05, 3.63) is 84.1 Å². The number of nitrogens with zero attached hydrogens (tertiary/aromatic N) is 1. The first-order chi connectivity index (χ1) is 16.1. The summed E-state index contributed by atoms with van der Waals surface area (Å²) in [7, 11) is 3.02. The van der Waals surface area contributed by atoms with Crippen LogP contribution in [0.5, 0.6) is 17.2 Å². The van der Waals surface area contributed by atoms with Crippen LogP contribution in [0.3, 0.4) is 0 Å². The molecule has 0 radical (unpaired) electrons. The first-order valence-electron chi connectivity index (χ1n) is 10.5. The highest BCUT2D eigenvalue weighted by Crippen LogP contribution is 2.39. The second-order valence-electron chi connectivity index (χ2n) is 7.18. The van der Waals surface area contributed by atoms with Crippen molar-refractivity contribution in [2.75, 3.05) is 31.0 Å². The first kappa shape index (κ1) is 22.0. The zero-order valence-corrected chi connectivity index (χ0v) is 18.6. The predicted octanol–water partition coefficient (Wildman–Crippen LogP) is 4.50. The third kappa shape index (κ3) is 4.25. The minimum atomic E-state index is -0.476. The van der Waals surface area contributed by atoms with Gasteiger partial charge in [-0.25, -0.2) is 4.90 Å². The van der Waals surface area contributed by atoms with Crippen LogP contribution in [0.25, 0.3) is 5.57 Å². The minimum Gasteiger partial charge on any atom is -0.497 e. The number of benzene rings is 3. The summed E-state index contributed by atoms with van der Waals surface area (Å²) in [5, 5.41) is 3.15. The topological polar surface area (TPSA) is 77.1 Å². The van der Waals surface area contributed by atoms with Crippen LogP contribution >= 0.6 is 0 Å². The van der Waals surface area contributed by atoms with E-state index < -0.39 is 11.8 Å². The molecule has 0 spiro atoms. The summed E-state index contributed by atoms with van der Waals surface area (Å²) in [4.78, 5) is 28.3. The van der Waals surface area contributed by atoms with Crippen LogP contribution < -0.4 is 24.4 Å². The number of anilines is 2. The largest absolute Gasteiger partial charge is 0.497 e. The molecule has 2 amide bonds. The van der Waals surface area contributed by atoms with E-state index in [1.165, 1.54) is 14.2 Å². The molecule has 4 rings (SSSR count). The van der Waals surface area contributed by atoms with Gasteiger partial charge in [-0.1, -0.05) is 30.3 Å². The molecule has 0 bridgehead atoms. The van der Waals surface area contributed by atoms with Gasteiger partial charge in [-0.05, 0) is 48.9 Å². The Morgan fingerprint density at radius 2 is 1.52 bits per heavy atom. The lowest BCUT2D eigenvalue weighted by Gasteiger charge is -2.19. The number of carbonyl (C=O) groups is 2. The average Bonchev–Trinajstić information content (AvgIpc) is 3.09. The summed E-state index contributed by atoms with van der Waals surface area (Å²) < 4.78 is 16.2. The molecule has 7 heteroatoms. The Bertz CT molecular complexity index is 1200. The van der Waals surface area contributed by atoms with Gasteiger partial charge in [0.25, 0.3) is 11.8 Å². The summed E-state index contributed by atoms with van der Waals surface area (Å²) >= 11 is 0. The highest BCUT2D eigenvalue weighted by atomic mass is 16.5. The number of hydrogen-bond donors (Lipinski definition) is 1. The maximum Gasteiger partial charge on any atom is 0.282 e. The lowest BCUT2D eigenvalue weighted by atomic mass is 10.0. The lowest BCUT2D eigenvalue weighted by Crippen LogP contribution is -2.32. The van der Waals surface area contributed by atoms with Crippen molar-refractivity contribution in [3.63, 3.8) is 0 Å². The Balaban J connectivity index is 1.77. The SMILES string of the molecule is CCOc1ccc(NC2=C(c3ccccc3)C(=O)N(c3ccc(OC)cc3OC)C2=O)cc1. The number of amides is 2. The maximum atomic E-state index is 13.6. The maximum absolute atomic E-state index is 13.6. The van der Waals surface area contributed by atoms with E-state index in [4.69, 9.17) is 14.2 Å². The number of ether oxygens (including phenoxy) is 3. The van der Waals surface area contributed by atoms with Crippen LogP contribution in [0.2, 0.25) is 0 Å². The third-order valence-corrected chi connectivity index (χ3v) is 5.21. The Morgan fingerprint density at radius 1 is 0.818 bits per heavy atom. The molecule has 0 aromatic heterocycles. The van der Waals surface area contributed by atoms with Gasteiger partial charge in [0.15, 0.2) is 0 Å². The first-order valence-corrected chi connectivity index (χ1v) is 10.5. The molecule has 3 aromatic carbocycles. The molecular formula is C26H24N2O5. The van der Waals surface area contributed by atoms with E-state index in [9.17, 15) is 9.59 Å². The second kappa shape index (κ2) is 9.48. The molecule has 168 valence electrons. The molecule has 0 saturated carbocycles.